The minimum Gasteiger partial charge on any atom is -0.267 e. The van der Waals surface area contributed by atoms with Gasteiger partial charge in [-0.1, -0.05) is 35.9 Å². The number of hydrogen-bond acceptors (Lipinski definition) is 2. The van der Waals surface area contributed by atoms with Gasteiger partial charge in [0.05, 0.1) is 0 Å². The third-order valence-electron chi connectivity index (χ3n) is 2.85. The summed E-state index contributed by atoms with van der Waals surface area (Å²) in [6, 6.07) is 9.03. The summed E-state index contributed by atoms with van der Waals surface area (Å²) in [5.74, 6) is 0.0933. The molecule has 0 saturated heterocycles. The second-order valence-corrected chi connectivity index (χ2v) is 4.29. The van der Waals surface area contributed by atoms with Crippen molar-refractivity contribution in [1.82, 2.24) is 5.01 Å². The molecule has 2 unspecified atom stereocenters. The highest BCUT2D eigenvalue weighted by Gasteiger charge is 2.42. The number of halogens is 1. The van der Waals surface area contributed by atoms with Crippen molar-refractivity contribution >= 4 is 23.7 Å². The van der Waals surface area contributed by atoms with Crippen LogP contribution in [0.25, 0.3) is 0 Å². The Bertz CT molecular complexity index is 495. The van der Waals surface area contributed by atoms with E-state index in [9.17, 15) is 4.79 Å². The molecular weight excluding hydrogens is 224 g/mol. The number of benzene rings is 1. The van der Waals surface area contributed by atoms with E-state index in [1.807, 2.05) is 24.3 Å². The molecule has 0 spiro atoms. The molecule has 2 atom stereocenters. The maximum atomic E-state index is 12.1. The van der Waals surface area contributed by atoms with Crippen LogP contribution in [0.2, 0.25) is 0 Å². The number of carbonyl (C=O) groups excluding carboxylic acids is 1. The molecule has 16 heavy (non-hydrogen) atoms. The Labute approximate surface area is 98.0 Å². The monoisotopic (exact) mass is 232 g/mol. The second kappa shape index (κ2) is 3.46. The highest BCUT2D eigenvalue weighted by atomic mass is 35.5. The van der Waals surface area contributed by atoms with Crippen LogP contribution in [0, 0.1) is 5.92 Å². The number of amides is 1. The van der Waals surface area contributed by atoms with Crippen LogP contribution in [0.15, 0.2) is 46.5 Å². The van der Waals surface area contributed by atoms with Crippen LogP contribution < -0.4 is 0 Å². The Morgan fingerprint density at radius 2 is 2.06 bits per heavy atom. The summed E-state index contributed by atoms with van der Waals surface area (Å²) in [6.45, 7) is 0. The molecule has 1 amide bonds. The molecule has 1 heterocycles. The third-order valence-corrected chi connectivity index (χ3v) is 3.20. The van der Waals surface area contributed by atoms with Gasteiger partial charge in [0.25, 0.3) is 5.91 Å². The maximum absolute atomic E-state index is 12.1. The molecule has 1 aliphatic carbocycles. The predicted molar refractivity (Wildman–Crippen MR) is 62.3 cm³/mol. The fraction of sp³-hybridized carbons (Fsp3) is 0.167. The van der Waals surface area contributed by atoms with Crippen molar-refractivity contribution < 1.29 is 4.79 Å². The number of fused-ring (bicyclic) bond motifs is 1. The standard InChI is InChI=1S/C12H9ClN2O/c13-10-6-9-7-14-15(11(9)10)12(16)8-4-2-1-3-5-8/h1-7,9,11H. The van der Waals surface area contributed by atoms with Crippen LogP contribution >= 0.6 is 11.6 Å². The Hall–Kier alpha value is -1.61. The lowest BCUT2D eigenvalue weighted by Gasteiger charge is -2.30. The first kappa shape index (κ1) is 9.60. The summed E-state index contributed by atoms with van der Waals surface area (Å²) in [4.78, 5) is 12.1. The summed E-state index contributed by atoms with van der Waals surface area (Å²) in [5, 5.41) is 6.27. The van der Waals surface area contributed by atoms with E-state index in [1.165, 1.54) is 5.01 Å². The number of carbonyl (C=O) groups is 1. The van der Waals surface area contributed by atoms with E-state index in [2.05, 4.69) is 5.10 Å². The van der Waals surface area contributed by atoms with Crippen LogP contribution in [0.5, 0.6) is 0 Å². The molecule has 2 aliphatic rings. The van der Waals surface area contributed by atoms with Crippen LogP contribution in [0.3, 0.4) is 0 Å². The van der Waals surface area contributed by atoms with Gasteiger partial charge in [-0.25, -0.2) is 5.01 Å². The summed E-state index contributed by atoms with van der Waals surface area (Å²) >= 11 is 5.96. The quantitative estimate of drug-likeness (QED) is 0.731. The number of rotatable bonds is 1. The first-order valence-corrected chi connectivity index (χ1v) is 5.45. The largest absolute Gasteiger partial charge is 0.274 e. The molecule has 0 aromatic heterocycles. The molecule has 3 nitrogen and oxygen atoms in total. The molecule has 1 aromatic carbocycles. The molecule has 1 aliphatic heterocycles. The normalized spacial score (nSPS) is 26.1. The Morgan fingerprint density at radius 1 is 1.31 bits per heavy atom. The van der Waals surface area contributed by atoms with Gasteiger partial charge < -0.3 is 0 Å². The lowest BCUT2D eigenvalue weighted by molar-refractivity contribution is 0.0716. The lowest BCUT2D eigenvalue weighted by atomic mass is 9.90. The van der Waals surface area contributed by atoms with E-state index < -0.39 is 0 Å². The van der Waals surface area contributed by atoms with Gasteiger partial charge in [-0.2, -0.15) is 5.10 Å². The van der Waals surface area contributed by atoms with Gasteiger partial charge in [0.15, 0.2) is 0 Å². The summed E-state index contributed by atoms with van der Waals surface area (Å²) in [6.07, 6.45) is 3.67. The number of hydrazone groups is 1. The molecule has 80 valence electrons. The first-order valence-electron chi connectivity index (χ1n) is 5.07. The van der Waals surface area contributed by atoms with E-state index in [4.69, 9.17) is 11.6 Å². The van der Waals surface area contributed by atoms with Gasteiger partial charge in [-0.05, 0) is 12.1 Å². The van der Waals surface area contributed by atoms with Gasteiger partial charge in [-0.15, -0.1) is 0 Å². The second-order valence-electron chi connectivity index (χ2n) is 3.85. The van der Waals surface area contributed by atoms with Crippen molar-refractivity contribution in [3.63, 3.8) is 0 Å². The van der Waals surface area contributed by atoms with Gasteiger partial charge in [0.1, 0.15) is 6.04 Å². The number of hydrogen-bond donors (Lipinski definition) is 0. The molecule has 0 fully saturated rings. The average molecular weight is 233 g/mol. The molecule has 0 radical (unpaired) electrons. The van der Waals surface area contributed by atoms with Gasteiger partial charge in [0.2, 0.25) is 0 Å². The molecular formula is C12H9ClN2O. The molecule has 0 bridgehead atoms. The summed E-state index contributed by atoms with van der Waals surface area (Å²) in [5.41, 5.74) is 0.636. The van der Waals surface area contributed by atoms with Crippen LogP contribution in [-0.4, -0.2) is 23.2 Å². The Morgan fingerprint density at radius 3 is 2.75 bits per heavy atom. The zero-order valence-corrected chi connectivity index (χ0v) is 9.13. The highest BCUT2D eigenvalue weighted by molar-refractivity contribution is 6.32. The SMILES string of the molecule is O=C(c1ccccc1)N1N=CC2C=C(Cl)C21. The zero-order chi connectivity index (χ0) is 11.1. The van der Waals surface area contributed by atoms with E-state index in [1.54, 1.807) is 18.3 Å². The molecule has 0 saturated carbocycles. The smallest absolute Gasteiger partial charge is 0.267 e. The van der Waals surface area contributed by atoms with Gasteiger partial charge in [0, 0.05) is 22.7 Å². The minimum absolute atomic E-state index is 0.0747. The predicted octanol–water partition coefficient (Wildman–Crippen LogP) is 2.25. The summed E-state index contributed by atoms with van der Waals surface area (Å²) < 4.78 is 0. The summed E-state index contributed by atoms with van der Waals surface area (Å²) in [7, 11) is 0. The van der Waals surface area contributed by atoms with Crippen molar-refractivity contribution in [2.75, 3.05) is 0 Å². The van der Waals surface area contributed by atoms with Crippen molar-refractivity contribution in [2.45, 2.75) is 6.04 Å². The van der Waals surface area contributed by atoms with Crippen molar-refractivity contribution in [1.29, 1.82) is 0 Å². The van der Waals surface area contributed by atoms with Crippen molar-refractivity contribution in [3.8, 4) is 0 Å². The van der Waals surface area contributed by atoms with Crippen LogP contribution in [0.4, 0.5) is 0 Å². The maximum Gasteiger partial charge on any atom is 0.274 e. The Balaban J connectivity index is 1.88. The third kappa shape index (κ3) is 1.28. The Kier molecular flexibility index (Phi) is 2.07. The highest BCUT2D eigenvalue weighted by Crippen LogP contribution is 2.37. The zero-order valence-electron chi connectivity index (χ0n) is 8.38. The fourth-order valence-electron chi connectivity index (χ4n) is 1.96. The molecule has 0 N–H and O–H groups in total. The van der Waals surface area contributed by atoms with Crippen LogP contribution in [-0.2, 0) is 0 Å². The van der Waals surface area contributed by atoms with Gasteiger partial charge in [-0.3, -0.25) is 4.79 Å². The minimum atomic E-state index is -0.101. The van der Waals surface area contributed by atoms with E-state index in [0.717, 1.165) is 0 Å². The first-order chi connectivity index (χ1) is 7.77. The van der Waals surface area contributed by atoms with Crippen LogP contribution in [0.1, 0.15) is 10.4 Å². The van der Waals surface area contributed by atoms with E-state index >= 15 is 0 Å². The topological polar surface area (TPSA) is 32.7 Å². The lowest BCUT2D eigenvalue weighted by Crippen LogP contribution is -2.41. The van der Waals surface area contributed by atoms with E-state index in [-0.39, 0.29) is 17.9 Å². The fourth-order valence-corrected chi connectivity index (χ4v) is 2.34. The van der Waals surface area contributed by atoms with Crippen molar-refractivity contribution in [3.05, 3.63) is 47.0 Å². The molecule has 1 aromatic rings. The molecule has 4 heteroatoms. The molecule has 3 rings (SSSR count). The number of nitrogens with zero attached hydrogens (tertiary/aromatic N) is 2. The average Bonchev–Trinajstić information content (AvgIpc) is 2.66. The van der Waals surface area contributed by atoms with E-state index in [0.29, 0.717) is 10.6 Å². The van der Waals surface area contributed by atoms with Crippen molar-refractivity contribution in [2.24, 2.45) is 11.0 Å². The van der Waals surface area contributed by atoms with Gasteiger partial charge >= 0.3 is 0 Å².